The summed E-state index contributed by atoms with van der Waals surface area (Å²) in [6.45, 7) is 2.87. The normalized spacial score (nSPS) is 25.0. The van der Waals surface area contributed by atoms with Crippen LogP contribution >= 0.6 is 11.6 Å². The highest BCUT2D eigenvalue weighted by molar-refractivity contribution is 6.31. The number of benzene rings is 1. The summed E-state index contributed by atoms with van der Waals surface area (Å²) in [5.74, 6) is -0.332. The van der Waals surface area contributed by atoms with Crippen LogP contribution in [0.3, 0.4) is 0 Å². The van der Waals surface area contributed by atoms with Gasteiger partial charge in [-0.15, -0.1) is 0 Å². The number of aromatic amines is 1. The first-order chi connectivity index (χ1) is 14.3. The van der Waals surface area contributed by atoms with E-state index in [-0.39, 0.29) is 29.6 Å². The van der Waals surface area contributed by atoms with Crippen molar-refractivity contribution in [3.63, 3.8) is 0 Å². The average molecular weight is 430 g/mol. The van der Waals surface area contributed by atoms with E-state index in [4.69, 9.17) is 11.6 Å². The van der Waals surface area contributed by atoms with E-state index in [1.54, 1.807) is 0 Å². The Morgan fingerprint density at radius 3 is 2.50 bits per heavy atom. The maximum absolute atomic E-state index is 13.1. The summed E-state index contributed by atoms with van der Waals surface area (Å²) in [4.78, 5) is 40.0. The second-order valence-electron chi connectivity index (χ2n) is 8.89. The highest BCUT2D eigenvalue weighted by Crippen LogP contribution is 2.42. The molecule has 0 bridgehead atoms. The lowest BCUT2D eigenvalue weighted by Gasteiger charge is -2.45. The third kappa shape index (κ3) is 3.85. The van der Waals surface area contributed by atoms with Crippen LogP contribution in [0.5, 0.6) is 0 Å². The van der Waals surface area contributed by atoms with Crippen molar-refractivity contribution in [2.24, 2.45) is 11.8 Å². The van der Waals surface area contributed by atoms with Crippen molar-refractivity contribution in [1.82, 2.24) is 15.6 Å². The van der Waals surface area contributed by atoms with Gasteiger partial charge in [0.05, 0.1) is 11.6 Å². The van der Waals surface area contributed by atoms with Gasteiger partial charge in [-0.05, 0) is 62.3 Å². The molecule has 2 aromatic rings. The molecule has 2 aliphatic carbocycles. The summed E-state index contributed by atoms with van der Waals surface area (Å²) in [7, 11) is 0. The predicted octanol–water partition coefficient (Wildman–Crippen LogP) is 4.04. The van der Waals surface area contributed by atoms with Gasteiger partial charge >= 0.3 is 0 Å². The molecule has 160 valence electrons. The van der Waals surface area contributed by atoms with Gasteiger partial charge in [0.25, 0.3) is 0 Å². The van der Waals surface area contributed by atoms with Crippen LogP contribution in [0.1, 0.15) is 64.0 Å². The van der Waals surface area contributed by atoms with Gasteiger partial charge in [-0.3, -0.25) is 14.4 Å². The maximum Gasteiger partial charge on any atom is 0.223 e. The third-order valence-corrected chi connectivity index (χ3v) is 7.04. The Morgan fingerprint density at radius 2 is 1.87 bits per heavy atom. The zero-order valence-corrected chi connectivity index (χ0v) is 18.1. The van der Waals surface area contributed by atoms with E-state index in [2.05, 4.69) is 15.6 Å². The minimum absolute atomic E-state index is 0.0576. The van der Waals surface area contributed by atoms with E-state index in [1.165, 1.54) is 13.8 Å². The number of carbonyl (C=O) groups excluding carboxylic acids is 3. The molecular formula is C23H28ClN3O3. The Morgan fingerprint density at radius 1 is 1.17 bits per heavy atom. The first-order valence-electron chi connectivity index (χ1n) is 10.7. The van der Waals surface area contributed by atoms with E-state index < -0.39 is 5.54 Å². The van der Waals surface area contributed by atoms with Crippen molar-refractivity contribution in [2.75, 3.05) is 0 Å². The molecule has 1 atom stereocenters. The minimum Gasteiger partial charge on any atom is -0.361 e. The molecular weight excluding hydrogens is 402 g/mol. The number of aromatic nitrogens is 1. The number of hydrogen-bond acceptors (Lipinski definition) is 3. The van der Waals surface area contributed by atoms with Gasteiger partial charge in [0.2, 0.25) is 11.8 Å². The highest BCUT2D eigenvalue weighted by Gasteiger charge is 2.51. The zero-order valence-electron chi connectivity index (χ0n) is 17.4. The average Bonchev–Trinajstić information content (AvgIpc) is 3.32. The lowest BCUT2D eigenvalue weighted by molar-refractivity contribution is -0.142. The number of hydrogen-bond donors (Lipinski definition) is 3. The van der Waals surface area contributed by atoms with Crippen LogP contribution in [-0.4, -0.2) is 28.1 Å². The molecule has 0 unspecified atom stereocenters. The Hall–Kier alpha value is -2.34. The lowest BCUT2D eigenvalue weighted by Crippen LogP contribution is -2.64. The van der Waals surface area contributed by atoms with Crippen molar-refractivity contribution in [2.45, 2.75) is 64.0 Å². The maximum atomic E-state index is 13.1. The fourth-order valence-corrected chi connectivity index (χ4v) is 5.44. The van der Waals surface area contributed by atoms with E-state index in [0.717, 1.165) is 42.1 Å². The van der Waals surface area contributed by atoms with Crippen LogP contribution in [-0.2, 0) is 14.4 Å². The molecule has 2 amide bonds. The van der Waals surface area contributed by atoms with Gasteiger partial charge in [0.15, 0.2) is 5.78 Å². The second kappa shape index (κ2) is 8.06. The van der Waals surface area contributed by atoms with Crippen molar-refractivity contribution < 1.29 is 14.4 Å². The third-order valence-electron chi connectivity index (χ3n) is 6.82. The van der Waals surface area contributed by atoms with Crippen molar-refractivity contribution in [1.29, 1.82) is 0 Å². The quantitative estimate of drug-likeness (QED) is 0.647. The first-order valence-corrected chi connectivity index (χ1v) is 11.0. The van der Waals surface area contributed by atoms with Crippen molar-refractivity contribution in [3.05, 3.63) is 35.0 Å². The SMILES string of the molecule is CC(=O)NC1(C(C)=O)CC(C(=O)N[C@H](c2cc(Cl)cc3[nH]ccc23)C2CCCC2)C1. The summed E-state index contributed by atoms with van der Waals surface area (Å²) in [6.07, 6.45) is 7.04. The Balaban J connectivity index is 1.56. The fraction of sp³-hybridized carbons (Fsp3) is 0.522. The van der Waals surface area contributed by atoms with Crippen LogP contribution in [0, 0.1) is 11.8 Å². The molecule has 0 spiro atoms. The molecule has 4 rings (SSSR count). The van der Waals surface area contributed by atoms with Gasteiger partial charge in [0, 0.05) is 35.0 Å². The van der Waals surface area contributed by atoms with E-state index >= 15 is 0 Å². The smallest absolute Gasteiger partial charge is 0.223 e. The van der Waals surface area contributed by atoms with Gasteiger partial charge in [-0.25, -0.2) is 0 Å². The molecule has 2 saturated carbocycles. The molecule has 1 aromatic carbocycles. The number of nitrogens with one attached hydrogen (secondary N) is 3. The van der Waals surface area contributed by atoms with E-state index in [9.17, 15) is 14.4 Å². The van der Waals surface area contributed by atoms with Gasteiger partial charge in [0.1, 0.15) is 0 Å². The molecule has 6 nitrogen and oxygen atoms in total. The summed E-state index contributed by atoms with van der Waals surface area (Å²) in [5.41, 5.74) is 1.10. The van der Waals surface area contributed by atoms with Crippen LogP contribution < -0.4 is 10.6 Å². The summed E-state index contributed by atoms with van der Waals surface area (Å²) in [6, 6.07) is 5.76. The van der Waals surface area contributed by atoms with Crippen LogP contribution in [0.4, 0.5) is 0 Å². The Kier molecular flexibility index (Phi) is 5.62. The number of halogens is 1. The fourth-order valence-electron chi connectivity index (χ4n) is 5.21. The van der Waals surface area contributed by atoms with E-state index in [0.29, 0.717) is 23.8 Å². The molecule has 1 aromatic heterocycles. The highest BCUT2D eigenvalue weighted by atomic mass is 35.5. The second-order valence-corrected chi connectivity index (χ2v) is 9.33. The van der Waals surface area contributed by atoms with Crippen molar-refractivity contribution >= 4 is 40.1 Å². The summed E-state index contributed by atoms with van der Waals surface area (Å²) >= 11 is 6.38. The van der Waals surface area contributed by atoms with Gasteiger partial charge < -0.3 is 15.6 Å². The predicted molar refractivity (Wildman–Crippen MR) is 116 cm³/mol. The lowest BCUT2D eigenvalue weighted by atomic mass is 9.65. The Labute approximate surface area is 181 Å². The topological polar surface area (TPSA) is 91.1 Å². The first kappa shape index (κ1) is 20.9. The van der Waals surface area contributed by atoms with Gasteiger partial charge in [-0.1, -0.05) is 24.4 Å². The number of H-pyrrole nitrogens is 1. The largest absolute Gasteiger partial charge is 0.361 e. The number of rotatable bonds is 6. The molecule has 0 radical (unpaired) electrons. The molecule has 7 heteroatoms. The molecule has 30 heavy (non-hydrogen) atoms. The number of amides is 2. The summed E-state index contributed by atoms with van der Waals surface area (Å²) in [5, 5.41) is 7.75. The number of fused-ring (bicyclic) bond motifs is 1. The molecule has 2 fully saturated rings. The van der Waals surface area contributed by atoms with Gasteiger partial charge in [-0.2, -0.15) is 0 Å². The molecule has 2 aliphatic rings. The van der Waals surface area contributed by atoms with E-state index in [1.807, 2.05) is 24.4 Å². The molecule has 0 aliphatic heterocycles. The van der Waals surface area contributed by atoms with Crippen LogP contribution in [0.2, 0.25) is 5.02 Å². The standard InChI is InChI=1S/C23H28ClN3O3/c1-13(28)23(27-14(2)29)11-16(12-23)22(30)26-21(15-5-3-4-6-15)19-9-17(24)10-20-18(19)7-8-25-20/h7-10,15-16,21,25H,3-6,11-12H2,1-2H3,(H,26,30)(H,27,29)/t16?,21-,23?/m0/s1. The number of ketones is 1. The number of Topliss-reactive ketones (excluding diaryl/α,β-unsaturated/α-hetero) is 1. The zero-order chi connectivity index (χ0) is 21.5. The van der Waals surface area contributed by atoms with Crippen LogP contribution in [0.25, 0.3) is 10.9 Å². The monoisotopic (exact) mass is 429 g/mol. The van der Waals surface area contributed by atoms with Crippen LogP contribution in [0.15, 0.2) is 24.4 Å². The minimum atomic E-state index is -0.902. The van der Waals surface area contributed by atoms with Crippen molar-refractivity contribution in [3.8, 4) is 0 Å². The molecule has 3 N–H and O–H groups in total. The summed E-state index contributed by atoms with van der Waals surface area (Å²) < 4.78 is 0. The molecule has 1 heterocycles. The Bertz CT molecular complexity index is 987. The molecule has 0 saturated heterocycles. The number of carbonyl (C=O) groups is 3.